The zero-order chi connectivity index (χ0) is 22.0. The zero-order valence-corrected chi connectivity index (χ0v) is 18.6. The van der Waals surface area contributed by atoms with Crippen LogP contribution in [0.25, 0.3) is 5.69 Å². The molecule has 0 bridgehead atoms. The lowest BCUT2D eigenvalue weighted by Crippen LogP contribution is -2.43. The van der Waals surface area contributed by atoms with E-state index in [0.717, 1.165) is 41.1 Å². The van der Waals surface area contributed by atoms with Crippen molar-refractivity contribution >= 4 is 6.03 Å². The van der Waals surface area contributed by atoms with Gasteiger partial charge in [0.05, 0.1) is 23.5 Å². The minimum Gasteiger partial charge on any atom is -0.439 e. The fourth-order valence-corrected chi connectivity index (χ4v) is 3.61. The van der Waals surface area contributed by atoms with E-state index in [0.29, 0.717) is 12.4 Å². The summed E-state index contributed by atoms with van der Waals surface area (Å²) in [4.78, 5) is 14.8. The number of ether oxygens (including phenoxy) is 1. The van der Waals surface area contributed by atoms with Gasteiger partial charge in [-0.05, 0) is 70.4 Å². The van der Waals surface area contributed by atoms with Crippen molar-refractivity contribution in [1.82, 2.24) is 20.0 Å². The molecule has 3 aromatic rings. The Bertz CT molecular complexity index is 1050. The van der Waals surface area contributed by atoms with Crippen LogP contribution in [0.5, 0.6) is 11.6 Å². The van der Waals surface area contributed by atoms with Crippen molar-refractivity contribution in [2.24, 2.45) is 0 Å². The Morgan fingerprint density at radius 2 is 1.90 bits per heavy atom. The highest BCUT2D eigenvalue weighted by atomic mass is 16.5. The van der Waals surface area contributed by atoms with Gasteiger partial charge in [-0.1, -0.05) is 30.3 Å². The first-order chi connectivity index (χ1) is 14.9. The van der Waals surface area contributed by atoms with Gasteiger partial charge in [0.25, 0.3) is 0 Å². The first-order valence-electron chi connectivity index (χ1n) is 10.9. The van der Waals surface area contributed by atoms with Crippen molar-refractivity contribution in [3.8, 4) is 17.3 Å². The van der Waals surface area contributed by atoms with E-state index in [9.17, 15) is 4.79 Å². The molecule has 0 saturated heterocycles. The topological polar surface area (TPSA) is 59.4 Å². The van der Waals surface area contributed by atoms with E-state index in [1.165, 1.54) is 0 Å². The summed E-state index contributed by atoms with van der Waals surface area (Å²) in [6, 6.07) is 18.2. The van der Waals surface area contributed by atoms with Crippen LogP contribution in [0.2, 0.25) is 0 Å². The Hall–Kier alpha value is -3.28. The van der Waals surface area contributed by atoms with E-state index in [-0.39, 0.29) is 18.1 Å². The lowest BCUT2D eigenvalue weighted by atomic mass is 10.2. The van der Waals surface area contributed by atoms with Crippen molar-refractivity contribution in [3.63, 3.8) is 0 Å². The Morgan fingerprint density at radius 1 is 1.16 bits per heavy atom. The maximum absolute atomic E-state index is 12.9. The maximum atomic E-state index is 12.9. The molecule has 1 aliphatic carbocycles. The molecule has 2 amide bonds. The predicted octanol–water partition coefficient (Wildman–Crippen LogP) is 5.36. The zero-order valence-electron chi connectivity index (χ0n) is 18.6. The highest BCUT2D eigenvalue weighted by molar-refractivity contribution is 5.75. The number of benzene rings is 2. The first-order valence-corrected chi connectivity index (χ1v) is 10.9. The summed E-state index contributed by atoms with van der Waals surface area (Å²) >= 11 is 0. The number of aryl methyl sites for hydroxylation is 2. The second-order valence-corrected chi connectivity index (χ2v) is 8.50. The molecule has 1 aliphatic rings. The van der Waals surface area contributed by atoms with Crippen molar-refractivity contribution < 1.29 is 9.53 Å². The summed E-state index contributed by atoms with van der Waals surface area (Å²) in [5.41, 5.74) is 3.83. The standard InChI is InChI=1S/C25H30N4O2/c1-17(2)26-25(30)28(20-13-14-20)16-23-19(4)27-29(21-10-6-5-7-11-21)24(23)31-22-12-8-9-18(3)15-22/h5-12,15,17,20H,13-14,16H2,1-4H3,(H,26,30). The summed E-state index contributed by atoms with van der Waals surface area (Å²) in [5, 5.41) is 7.82. The third-order valence-corrected chi connectivity index (χ3v) is 5.33. The Labute approximate surface area is 183 Å². The van der Waals surface area contributed by atoms with E-state index in [1.807, 2.05) is 91.9 Å². The van der Waals surface area contributed by atoms with Gasteiger partial charge in [0.1, 0.15) is 5.75 Å². The minimum atomic E-state index is -0.0362. The van der Waals surface area contributed by atoms with Crippen LogP contribution in [0.3, 0.4) is 0 Å². The molecule has 0 unspecified atom stereocenters. The lowest BCUT2D eigenvalue weighted by molar-refractivity contribution is 0.189. The summed E-state index contributed by atoms with van der Waals surface area (Å²) in [7, 11) is 0. The van der Waals surface area contributed by atoms with Crippen LogP contribution in [-0.2, 0) is 6.54 Å². The van der Waals surface area contributed by atoms with Crippen LogP contribution in [0, 0.1) is 13.8 Å². The van der Waals surface area contributed by atoms with E-state index in [2.05, 4.69) is 5.32 Å². The predicted molar refractivity (Wildman–Crippen MR) is 122 cm³/mol. The van der Waals surface area contributed by atoms with Crippen LogP contribution in [0.15, 0.2) is 54.6 Å². The number of hydrogen-bond acceptors (Lipinski definition) is 3. The lowest BCUT2D eigenvalue weighted by Gasteiger charge is -2.24. The Kier molecular flexibility index (Phi) is 5.98. The molecule has 2 aromatic carbocycles. The highest BCUT2D eigenvalue weighted by Gasteiger charge is 2.35. The average molecular weight is 419 g/mol. The number of para-hydroxylation sites is 1. The van der Waals surface area contributed by atoms with Gasteiger partial charge in [-0.2, -0.15) is 5.10 Å². The van der Waals surface area contributed by atoms with Gasteiger partial charge < -0.3 is 15.0 Å². The Morgan fingerprint density at radius 3 is 2.55 bits per heavy atom. The van der Waals surface area contributed by atoms with Gasteiger partial charge >= 0.3 is 6.03 Å². The molecule has 0 aliphatic heterocycles. The number of urea groups is 1. The molecule has 1 fully saturated rings. The second-order valence-electron chi connectivity index (χ2n) is 8.50. The summed E-state index contributed by atoms with van der Waals surface area (Å²) in [6.45, 7) is 8.44. The van der Waals surface area contributed by atoms with Gasteiger partial charge in [-0.25, -0.2) is 9.48 Å². The number of nitrogens with one attached hydrogen (secondary N) is 1. The van der Waals surface area contributed by atoms with E-state index >= 15 is 0 Å². The van der Waals surface area contributed by atoms with Crippen LogP contribution >= 0.6 is 0 Å². The number of carbonyl (C=O) groups excluding carboxylic acids is 1. The molecule has 1 N–H and O–H groups in total. The normalized spacial score (nSPS) is 13.3. The molecule has 0 atom stereocenters. The third kappa shape index (κ3) is 4.90. The van der Waals surface area contributed by atoms with Crippen LogP contribution < -0.4 is 10.1 Å². The van der Waals surface area contributed by atoms with Gasteiger partial charge in [0.2, 0.25) is 5.88 Å². The second kappa shape index (κ2) is 8.84. The fourth-order valence-electron chi connectivity index (χ4n) is 3.61. The summed E-state index contributed by atoms with van der Waals surface area (Å²) in [5.74, 6) is 1.40. The van der Waals surface area contributed by atoms with Crippen molar-refractivity contribution in [3.05, 3.63) is 71.4 Å². The van der Waals surface area contributed by atoms with Crippen LogP contribution in [-0.4, -0.2) is 32.8 Å². The van der Waals surface area contributed by atoms with Crippen LogP contribution in [0.1, 0.15) is 43.5 Å². The van der Waals surface area contributed by atoms with Gasteiger partial charge in [-0.3, -0.25) is 0 Å². The van der Waals surface area contributed by atoms with E-state index in [1.54, 1.807) is 0 Å². The molecule has 162 valence electrons. The number of aromatic nitrogens is 2. The number of amides is 2. The van der Waals surface area contributed by atoms with Crippen molar-refractivity contribution in [2.75, 3.05) is 0 Å². The Balaban J connectivity index is 1.74. The maximum Gasteiger partial charge on any atom is 0.318 e. The van der Waals surface area contributed by atoms with Crippen molar-refractivity contribution in [1.29, 1.82) is 0 Å². The fraction of sp³-hybridized carbons (Fsp3) is 0.360. The monoisotopic (exact) mass is 418 g/mol. The number of hydrogen-bond donors (Lipinski definition) is 1. The average Bonchev–Trinajstić information content (AvgIpc) is 3.52. The molecule has 1 saturated carbocycles. The quantitative estimate of drug-likeness (QED) is 0.562. The summed E-state index contributed by atoms with van der Waals surface area (Å²) < 4.78 is 8.23. The van der Waals surface area contributed by atoms with Gasteiger partial charge in [-0.15, -0.1) is 0 Å². The molecular weight excluding hydrogens is 388 g/mol. The smallest absolute Gasteiger partial charge is 0.318 e. The van der Waals surface area contributed by atoms with Gasteiger partial charge in [0.15, 0.2) is 0 Å². The molecular formula is C25H30N4O2. The number of nitrogens with zero attached hydrogens (tertiary/aromatic N) is 3. The van der Waals surface area contributed by atoms with E-state index in [4.69, 9.17) is 9.84 Å². The molecule has 1 heterocycles. The summed E-state index contributed by atoms with van der Waals surface area (Å²) in [6.07, 6.45) is 2.07. The SMILES string of the molecule is Cc1cccc(Oc2c(CN(C(=O)NC(C)C)C3CC3)c(C)nn2-c2ccccc2)c1. The molecule has 6 nitrogen and oxygen atoms in total. The minimum absolute atomic E-state index is 0.0362. The molecule has 1 aromatic heterocycles. The van der Waals surface area contributed by atoms with Crippen molar-refractivity contribution in [2.45, 2.75) is 59.2 Å². The molecule has 6 heteroatoms. The first kappa shape index (κ1) is 21.0. The van der Waals surface area contributed by atoms with Gasteiger partial charge in [0, 0.05) is 12.1 Å². The molecule has 0 spiro atoms. The molecule has 4 rings (SSSR count). The third-order valence-electron chi connectivity index (χ3n) is 5.33. The molecule has 31 heavy (non-hydrogen) atoms. The largest absolute Gasteiger partial charge is 0.439 e. The number of rotatable bonds is 7. The highest BCUT2D eigenvalue weighted by Crippen LogP contribution is 2.35. The molecule has 0 radical (unpaired) electrons. The number of carbonyl (C=O) groups is 1. The van der Waals surface area contributed by atoms with E-state index < -0.39 is 0 Å². The van der Waals surface area contributed by atoms with Crippen LogP contribution in [0.4, 0.5) is 4.79 Å².